The Morgan fingerprint density at radius 1 is 1.61 bits per heavy atom. The van der Waals surface area contributed by atoms with Gasteiger partial charge in [0, 0.05) is 24.7 Å². The van der Waals surface area contributed by atoms with Crippen LogP contribution in [0.3, 0.4) is 0 Å². The number of nitrogens with zero attached hydrogens (tertiary/aromatic N) is 2. The van der Waals surface area contributed by atoms with E-state index in [4.69, 9.17) is 11.6 Å². The van der Waals surface area contributed by atoms with E-state index in [0.717, 1.165) is 0 Å². The number of likely N-dealkylation sites (N-methyl/N-ethyl adjacent to an activating group) is 1. The lowest BCUT2D eigenvalue weighted by atomic mass is 10.1. The zero-order valence-electron chi connectivity index (χ0n) is 9.93. The van der Waals surface area contributed by atoms with Crippen molar-refractivity contribution >= 4 is 23.2 Å². The van der Waals surface area contributed by atoms with E-state index in [0.29, 0.717) is 13.1 Å². The van der Waals surface area contributed by atoms with Gasteiger partial charge < -0.3 is 4.90 Å². The maximum atomic E-state index is 12.1. The van der Waals surface area contributed by atoms with Crippen molar-refractivity contribution in [2.24, 2.45) is 0 Å². The highest BCUT2D eigenvalue weighted by molar-refractivity contribution is 6.32. The van der Waals surface area contributed by atoms with Gasteiger partial charge in [-0.25, -0.2) is 0 Å². The van der Waals surface area contributed by atoms with E-state index in [9.17, 15) is 14.9 Å². The summed E-state index contributed by atoms with van der Waals surface area (Å²) in [6.45, 7) is 6.28. The SMILES string of the molecule is C=CCN(CC)C(=O)c1ccc(Cl)c([N+](=O)[O-])c1. The molecule has 0 saturated heterocycles. The van der Waals surface area contributed by atoms with E-state index >= 15 is 0 Å². The first kappa shape index (κ1) is 14.2. The van der Waals surface area contributed by atoms with Crippen molar-refractivity contribution in [2.75, 3.05) is 13.1 Å². The van der Waals surface area contributed by atoms with E-state index in [-0.39, 0.29) is 22.2 Å². The lowest BCUT2D eigenvalue weighted by Crippen LogP contribution is -2.30. The first-order chi connectivity index (χ1) is 8.51. The molecular formula is C12H13ClN2O3. The molecule has 0 atom stereocenters. The molecule has 1 aromatic carbocycles. The average molecular weight is 269 g/mol. The second kappa shape index (κ2) is 6.16. The minimum absolute atomic E-state index is 0.0170. The predicted molar refractivity (Wildman–Crippen MR) is 69.9 cm³/mol. The van der Waals surface area contributed by atoms with Gasteiger partial charge >= 0.3 is 0 Å². The van der Waals surface area contributed by atoms with Crippen molar-refractivity contribution in [3.63, 3.8) is 0 Å². The molecule has 96 valence electrons. The maximum absolute atomic E-state index is 12.1. The Morgan fingerprint density at radius 3 is 2.78 bits per heavy atom. The fourth-order valence-electron chi connectivity index (χ4n) is 1.48. The third-order valence-corrected chi connectivity index (χ3v) is 2.73. The highest BCUT2D eigenvalue weighted by atomic mass is 35.5. The summed E-state index contributed by atoms with van der Waals surface area (Å²) in [5.74, 6) is -0.280. The molecule has 0 saturated carbocycles. The molecule has 0 bridgehead atoms. The molecule has 0 N–H and O–H groups in total. The summed E-state index contributed by atoms with van der Waals surface area (Å²) in [6.07, 6.45) is 1.60. The Labute approximate surface area is 110 Å². The standard InChI is InChI=1S/C12H13ClN2O3/c1-3-7-14(4-2)12(16)9-5-6-10(13)11(8-9)15(17)18/h3,5-6,8H,1,4,7H2,2H3. The fraction of sp³-hybridized carbons (Fsp3) is 0.250. The summed E-state index contributed by atoms with van der Waals surface area (Å²) in [7, 11) is 0. The number of hydrogen-bond acceptors (Lipinski definition) is 3. The quantitative estimate of drug-likeness (QED) is 0.469. The van der Waals surface area contributed by atoms with Gasteiger partial charge in [0.25, 0.3) is 11.6 Å². The van der Waals surface area contributed by atoms with E-state index in [1.54, 1.807) is 6.08 Å². The molecule has 0 heterocycles. The lowest BCUT2D eigenvalue weighted by molar-refractivity contribution is -0.384. The average Bonchev–Trinajstić information content (AvgIpc) is 2.35. The van der Waals surface area contributed by atoms with Crippen LogP contribution in [-0.2, 0) is 0 Å². The van der Waals surface area contributed by atoms with Gasteiger partial charge in [0.1, 0.15) is 5.02 Å². The van der Waals surface area contributed by atoms with Gasteiger partial charge in [0.2, 0.25) is 0 Å². The van der Waals surface area contributed by atoms with Crippen LogP contribution in [0.25, 0.3) is 0 Å². The molecule has 1 rings (SSSR count). The summed E-state index contributed by atoms with van der Waals surface area (Å²) in [5.41, 5.74) is -0.0213. The molecule has 1 aromatic rings. The Balaban J connectivity index is 3.09. The molecule has 0 aliphatic carbocycles. The second-order valence-electron chi connectivity index (χ2n) is 3.56. The van der Waals surface area contributed by atoms with Crippen LogP contribution in [0.4, 0.5) is 5.69 Å². The smallest absolute Gasteiger partial charge is 0.288 e. The zero-order chi connectivity index (χ0) is 13.7. The van der Waals surface area contributed by atoms with Crippen LogP contribution in [0.2, 0.25) is 5.02 Å². The Kier molecular flexibility index (Phi) is 4.85. The van der Waals surface area contributed by atoms with Crippen molar-refractivity contribution in [3.05, 3.63) is 51.6 Å². The van der Waals surface area contributed by atoms with Gasteiger partial charge in [0.15, 0.2) is 0 Å². The number of carbonyl (C=O) groups excluding carboxylic acids is 1. The minimum Gasteiger partial charge on any atom is -0.335 e. The molecule has 0 aromatic heterocycles. The second-order valence-corrected chi connectivity index (χ2v) is 3.96. The van der Waals surface area contributed by atoms with Gasteiger partial charge in [0.05, 0.1) is 4.92 Å². The number of carbonyl (C=O) groups is 1. The van der Waals surface area contributed by atoms with E-state index in [2.05, 4.69) is 6.58 Å². The number of halogens is 1. The van der Waals surface area contributed by atoms with Gasteiger partial charge in [-0.1, -0.05) is 17.7 Å². The number of rotatable bonds is 5. The van der Waals surface area contributed by atoms with Gasteiger partial charge in [-0.3, -0.25) is 14.9 Å². The first-order valence-corrected chi connectivity index (χ1v) is 5.73. The number of hydrogen-bond donors (Lipinski definition) is 0. The van der Waals surface area contributed by atoms with Gasteiger partial charge in [-0.05, 0) is 19.1 Å². The Bertz CT molecular complexity index is 488. The molecule has 0 aliphatic rings. The zero-order valence-corrected chi connectivity index (χ0v) is 10.7. The minimum atomic E-state index is -0.608. The van der Waals surface area contributed by atoms with Crippen molar-refractivity contribution < 1.29 is 9.72 Å². The highest BCUT2D eigenvalue weighted by Gasteiger charge is 2.18. The Hall–Kier alpha value is -1.88. The summed E-state index contributed by atoms with van der Waals surface area (Å²) in [6, 6.07) is 4.02. The molecule has 0 unspecified atom stereocenters. The fourth-order valence-corrected chi connectivity index (χ4v) is 1.67. The molecule has 0 radical (unpaired) electrons. The van der Waals surface area contributed by atoms with Crippen molar-refractivity contribution in [1.29, 1.82) is 0 Å². The van der Waals surface area contributed by atoms with E-state index in [1.807, 2.05) is 6.92 Å². The van der Waals surface area contributed by atoms with Crippen molar-refractivity contribution in [3.8, 4) is 0 Å². The molecule has 0 fully saturated rings. The van der Waals surface area contributed by atoms with Gasteiger partial charge in [-0.2, -0.15) is 0 Å². The molecule has 18 heavy (non-hydrogen) atoms. The summed E-state index contributed by atoms with van der Waals surface area (Å²) in [4.78, 5) is 23.7. The van der Waals surface area contributed by atoms with E-state index < -0.39 is 4.92 Å². The van der Waals surface area contributed by atoms with Crippen LogP contribution < -0.4 is 0 Å². The highest BCUT2D eigenvalue weighted by Crippen LogP contribution is 2.25. The summed E-state index contributed by atoms with van der Waals surface area (Å²) in [5, 5.41) is 10.8. The third-order valence-electron chi connectivity index (χ3n) is 2.41. The number of benzene rings is 1. The van der Waals surface area contributed by atoms with Crippen LogP contribution in [0.5, 0.6) is 0 Å². The van der Waals surface area contributed by atoms with E-state index in [1.165, 1.54) is 23.1 Å². The summed E-state index contributed by atoms with van der Waals surface area (Å²) < 4.78 is 0. The summed E-state index contributed by atoms with van der Waals surface area (Å²) >= 11 is 5.69. The Morgan fingerprint density at radius 2 is 2.28 bits per heavy atom. The number of amides is 1. The molecule has 5 nitrogen and oxygen atoms in total. The third kappa shape index (κ3) is 3.07. The first-order valence-electron chi connectivity index (χ1n) is 5.35. The largest absolute Gasteiger partial charge is 0.335 e. The van der Waals surface area contributed by atoms with Crippen LogP contribution in [0, 0.1) is 10.1 Å². The maximum Gasteiger partial charge on any atom is 0.288 e. The molecule has 1 amide bonds. The van der Waals surface area contributed by atoms with Crippen LogP contribution in [0.1, 0.15) is 17.3 Å². The monoisotopic (exact) mass is 268 g/mol. The normalized spacial score (nSPS) is 9.89. The number of nitro benzene ring substituents is 1. The van der Waals surface area contributed by atoms with Crippen molar-refractivity contribution in [2.45, 2.75) is 6.92 Å². The van der Waals surface area contributed by atoms with Crippen LogP contribution in [-0.4, -0.2) is 28.8 Å². The molecule has 6 heteroatoms. The molecule has 0 spiro atoms. The van der Waals surface area contributed by atoms with Crippen LogP contribution in [0.15, 0.2) is 30.9 Å². The lowest BCUT2D eigenvalue weighted by Gasteiger charge is -2.18. The number of nitro groups is 1. The topological polar surface area (TPSA) is 63.5 Å². The van der Waals surface area contributed by atoms with Gasteiger partial charge in [-0.15, -0.1) is 6.58 Å². The molecule has 0 aliphatic heterocycles. The van der Waals surface area contributed by atoms with Crippen molar-refractivity contribution in [1.82, 2.24) is 4.90 Å². The van der Waals surface area contributed by atoms with Crippen LogP contribution >= 0.6 is 11.6 Å². The molecular weight excluding hydrogens is 256 g/mol. The predicted octanol–water partition coefficient (Wildman–Crippen LogP) is 2.90.